The highest BCUT2D eigenvalue weighted by atomic mass is 16.6. The second kappa shape index (κ2) is 3.56. The van der Waals surface area contributed by atoms with Crippen LogP contribution in [0.5, 0.6) is 0 Å². The smallest absolute Gasteiger partial charge is 0.306 e. The van der Waals surface area contributed by atoms with Crippen LogP contribution in [-0.4, -0.2) is 25.3 Å². The van der Waals surface area contributed by atoms with Gasteiger partial charge in [-0.1, -0.05) is 0 Å². The molecular weight excluding hydrogens is 132 g/mol. The maximum absolute atomic E-state index is 10.5. The molecule has 1 fully saturated rings. The third-order valence-corrected chi connectivity index (χ3v) is 1.48. The second-order valence-corrected chi connectivity index (χ2v) is 2.31. The number of hydrogen-bond acceptors (Lipinski definition) is 3. The molecule has 1 aliphatic heterocycles. The summed E-state index contributed by atoms with van der Waals surface area (Å²) in [7, 11) is 0. The quantitative estimate of drug-likeness (QED) is 0.548. The van der Waals surface area contributed by atoms with Crippen LogP contribution in [0.2, 0.25) is 0 Å². The Morgan fingerprint density at radius 1 is 1.80 bits per heavy atom. The summed E-state index contributed by atoms with van der Waals surface area (Å²) < 4.78 is 9.99. The molecule has 1 rings (SSSR count). The zero-order valence-electron chi connectivity index (χ0n) is 6.13. The van der Waals surface area contributed by atoms with E-state index in [9.17, 15) is 4.79 Å². The summed E-state index contributed by atoms with van der Waals surface area (Å²) in [5, 5.41) is 0. The van der Waals surface area contributed by atoms with Crippen LogP contribution in [0.1, 0.15) is 19.8 Å². The van der Waals surface area contributed by atoms with Gasteiger partial charge in [0.15, 0.2) is 0 Å². The molecule has 0 aromatic heterocycles. The molecule has 58 valence electrons. The minimum absolute atomic E-state index is 0.0208. The van der Waals surface area contributed by atoms with Gasteiger partial charge in [-0.3, -0.25) is 4.79 Å². The summed E-state index contributed by atoms with van der Waals surface area (Å²) in [5.74, 6) is -0.0929. The van der Waals surface area contributed by atoms with E-state index in [1.807, 2.05) is 6.92 Å². The largest absolute Gasteiger partial charge is 0.460 e. The number of esters is 1. The van der Waals surface area contributed by atoms with Crippen molar-refractivity contribution in [1.29, 1.82) is 0 Å². The minimum atomic E-state index is -0.0929. The molecule has 0 bridgehead atoms. The van der Waals surface area contributed by atoms with E-state index < -0.39 is 0 Å². The standard InChI is InChI=1S/C7H12O3/c1-2-9-5-6-3-4-7(8)10-6/h6H,2-5H2,1H3/t6-/m1/s1. The monoisotopic (exact) mass is 144 g/mol. The van der Waals surface area contributed by atoms with Gasteiger partial charge < -0.3 is 9.47 Å². The fraction of sp³-hybridized carbons (Fsp3) is 0.857. The van der Waals surface area contributed by atoms with E-state index >= 15 is 0 Å². The lowest BCUT2D eigenvalue weighted by atomic mass is 10.2. The molecule has 0 N–H and O–H groups in total. The molecule has 1 saturated heterocycles. The van der Waals surface area contributed by atoms with Gasteiger partial charge in [-0.05, 0) is 13.3 Å². The third kappa shape index (κ3) is 1.99. The van der Waals surface area contributed by atoms with Gasteiger partial charge in [-0.15, -0.1) is 0 Å². The molecule has 3 nitrogen and oxygen atoms in total. The topological polar surface area (TPSA) is 35.5 Å². The zero-order chi connectivity index (χ0) is 7.40. The minimum Gasteiger partial charge on any atom is -0.460 e. The number of rotatable bonds is 3. The highest BCUT2D eigenvalue weighted by Crippen LogP contribution is 2.13. The SMILES string of the molecule is CCOC[C@H]1CCC(=O)O1. The average molecular weight is 144 g/mol. The van der Waals surface area contributed by atoms with Gasteiger partial charge in [0.05, 0.1) is 6.61 Å². The maximum atomic E-state index is 10.5. The van der Waals surface area contributed by atoms with Crippen LogP contribution in [0, 0.1) is 0 Å². The Labute approximate surface area is 60.3 Å². The van der Waals surface area contributed by atoms with E-state index in [1.54, 1.807) is 0 Å². The molecule has 0 aliphatic carbocycles. The molecule has 1 aliphatic rings. The summed E-state index contributed by atoms with van der Waals surface area (Å²) in [4.78, 5) is 10.5. The van der Waals surface area contributed by atoms with Gasteiger partial charge in [0.1, 0.15) is 6.10 Å². The van der Waals surface area contributed by atoms with E-state index in [1.165, 1.54) is 0 Å². The highest BCUT2D eigenvalue weighted by Gasteiger charge is 2.22. The van der Waals surface area contributed by atoms with Crippen molar-refractivity contribution in [3.05, 3.63) is 0 Å². The van der Waals surface area contributed by atoms with E-state index in [-0.39, 0.29) is 12.1 Å². The Morgan fingerprint density at radius 3 is 3.10 bits per heavy atom. The molecule has 0 aromatic rings. The van der Waals surface area contributed by atoms with Crippen molar-refractivity contribution in [2.75, 3.05) is 13.2 Å². The summed E-state index contributed by atoms with van der Waals surface area (Å²) >= 11 is 0. The number of cyclic esters (lactones) is 1. The van der Waals surface area contributed by atoms with Gasteiger partial charge in [-0.25, -0.2) is 0 Å². The average Bonchev–Trinajstić information content (AvgIpc) is 2.31. The Balaban J connectivity index is 2.12. The molecule has 10 heavy (non-hydrogen) atoms. The Bertz CT molecular complexity index is 122. The van der Waals surface area contributed by atoms with Crippen LogP contribution in [0.3, 0.4) is 0 Å². The van der Waals surface area contributed by atoms with Gasteiger partial charge in [-0.2, -0.15) is 0 Å². The van der Waals surface area contributed by atoms with Crippen molar-refractivity contribution in [2.24, 2.45) is 0 Å². The summed E-state index contributed by atoms with van der Waals surface area (Å²) in [6.07, 6.45) is 1.39. The Kier molecular flexibility index (Phi) is 2.68. The number of carbonyl (C=O) groups is 1. The van der Waals surface area contributed by atoms with Gasteiger partial charge in [0.2, 0.25) is 0 Å². The molecule has 0 radical (unpaired) electrons. The summed E-state index contributed by atoms with van der Waals surface area (Å²) in [6, 6.07) is 0. The van der Waals surface area contributed by atoms with E-state index in [0.29, 0.717) is 19.6 Å². The number of hydrogen-bond donors (Lipinski definition) is 0. The van der Waals surface area contributed by atoms with Crippen LogP contribution in [0.4, 0.5) is 0 Å². The zero-order valence-corrected chi connectivity index (χ0v) is 6.13. The van der Waals surface area contributed by atoms with Gasteiger partial charge in [0.25, 0.3) is 0 Å². The second-order valence-electron chi connectivity index (χ2n) is 2.31. The van der Waals surface area contributed by atoms with E-state index in [2.05, 4.69) is 0 Å². The van der Waals surface area contributed by atoms with Gasteiger partial charge >= 0.3 is 5.97 Å². The lowest BCUT2D eigenvalue weighted by Gasteiger charge is -2.07. The molecule has 1 atom stereocenters. The van der Waals surface area contributed by atoms with Gasteiger partial charge in [0, 0.05) is 13.0 Å². The van der Waals surface area contributed by atoms with Crippen LogP contribution in [0.15, 0.2) is 0 Å². The van der Waals surface area contributed by atoms with Crippen LogP contribution in [-0.2, 0) is 14.3 Å². The molecule has 0 unspecified atom stereocenters. The molecule has 1 heterocycles. The molecule has 3 heteroatoms. The fourth-order valence-electron chi connectivity index (χ4n) is 0.949. The third-order valence-electron chi connectivity index (χ3n) is 1.48. The number of carbonyl (C=O) groups excluding carboxylic acids is 1. The Hall–Kier alpha value is -0.570. The Morgan fingerprint density at radius 2 is 2.60 bits per heavy atom. The normalized spacial score (nSPS) is 24.9. The van der Waals surface area contributed by atoms with E-state index in [4.69, 9.17) is 9.47 Å². The molecular formula is C7H12O3. The van der Waals surface area contributed by atoms with Crippen molar-refractivity contribution in [3.63, 3.8) is 0 Å². The number of ether oxygens (including phenoxy) is 2. The summed E-state index contributed by atoms with van der Waals surface area (Å²) in [5.41, 5.74) is 0. The van der Waals surface area contributed by atoms with Crippen molar-refractivity contribution < 1.29 is 14.3 Å². The highest BCUT2D eigenvalue weighted by molar-refractivity contribution is 5.71. The van der Waals surface area contributed by atoms with Crippen LogP contribution >= 0.6 is 0 Å². The van der Waals surface area contributed by atoms with Crippen LogP contribution < -0.4 is 0 Å². The summed E-state index contributed by atoms with van der Waals surface area (Å²) in [6.45, 7) is 3.17. The van der Waals surface area contributed by atoms with Crippen molar-refractivity contribution in [3.8, 4) is 0 Å². The predicted molar refractivity (Wildman–Crippen MR) is 35.6 cm³/mol. The maximum Gasteiger partial charge on any atom is 0.306 e. The first-order valence-corrected chi connectivity index (χ1v) is 3.60. The lowest BCUT2D eigenvalue weighted by molar-refractivity contribution is -0.143. The first-order valence-electron chi connectivity index (χ1n) is 3.60. The van der Waals surface area contributed by atoms with Crippen molar-refractivity contribution in [2.45, 2.75) is 25.9 Å². The fourth-order valence-corrected chi connectivity index (χ4v) is 0.949. The molecule has 0 saturated carbocycles. The predicted octanol–water partition coefficient (Wildman–Crippen LogP) is 0.728. The van der Waals surface area contributed by atoms with Crippen LogP contribution in [0.25, 0.3) is 0 Å². The molecule has 0 aromatic carbocycles. The van der Waals surface area contributed by atoms with Crippen molar-refractivity contribution in [1.82, 2.24) is 0 Å². The molecule has 0 spiro atoms. The van der Waals surface area contributed by atoms with E-state index in [0.717, 1.165) is 6.42 Å². The van der Waals surface area contributed by atoms with Crippen molar-refractivity contribution >= 4 is 5.97 Å². The first kappa shape index (κ1) is 7.54. The molecule has 0 amide bonds. The first-order chi connectivity index (χ1) is 4.83. The lowest BCUT2D eigenvalue weighted by Crippen LogP contribution is -2.14.